The lowest BCUT2D eigenvalue weighted by Crippen LogP contribution is -2.11. The van der Waals surface area contributed by atoms with Crippen molar-refractivity contribution in [1.82, 2.24) is 0 Å². The van der Waals surface area contributed by atoms with Crippen LogP contribution in [0, 0.1) is 55.4 Å². The highest BCUT2D eigenvalue weighted by Crippen LogP contribution is 2.43. The molecular formula is C50H46O11S5. The predicted molar refractivity (Wildman–Crippen MR) is 253 cm³/mol. The van der Waals surface area contributed by atoms with Crippen LogP contribution in [0.4, 0.5) is 0 Å². The highest BCUT2D eigenvalue weighted by molar-refractivity contribution is 7.93. The van der Waals surface area contributed by atoms with Crippen molar-refractivity contribution in [1.29, 1.82) is 0 Å². The summed E-state index contributed by atoms with van der Waals surface area (Å²) in [5, 5.41) is 0. The molecule has 11 nitrogen and oxygen atoms in total. The fraction of sp³-hybridized carbons (Fsp3) is 0.160. The van der Waals surface area contributed by atoms with Gasteiger partial charge in [0.2, 0.25) is 39.3 Å². The Morgan fingerprint density at radius 1 is 0.288 bits per heavy atom. The van der Waals surface area contributed by atoms with Gasteiger partial charge in [-0.3, -0.25) is 4.55 Å². The highest BCUT2D eigenvalue weighted by Gasteiger charge is 2.33. The van der Waals surface area contributed by atoms with E-state index >= 15 is 8.42 Å². The number of rotatable bonds is 11. The molecule has 7 rings (SSSR count). The maximum atomic E-state index is 15.0. The molecule has 0 aliphatic heterocycles. The van der Waals surface area contributed by atoms with Gasteiger partial charge < -0.3 is 0 Å². The lowest BCUT2D eigenvalue weighted by atomic mass is 9.99. The number of aryl methyl sites for hydroxylation is 8. The molecule has 0 radical (unpaired) electrons. The monoisotopic (exact) mass is 982 g/mol. The summed E-state index contributed by atoms with van der Waals surface area (Å²) >= 11 is 0. The van der Waals surface area contributed by atoms with Crippen LogP contribution < -0.4 is 0 Å². The molecule has 0 bridgehead atoms. The van der Waals surface area contributed by atoms with Crippen LogP contribution >= 0.6 is 0 Å². The first kappa shape index (κ1) is 48.2. The summed E-state index contributed by atoms with van der Waals surface area (Å²) in [5.41, 5.74) is 3.05. The number of benzene rings is 7. The second kappa shape index (κ2) is 17.2. The highest BCUT2D eigenvalue weighted by atomic mass is 32.2. The molecule has 7 aromatic rings. The van der Waals surface area contributed by atoms with Crippen LogP contribution in [0.25, 0.3) is 22.3 Å². The van der Waals surface area contributed by atoms with E-state index in [-0.39, 0.29) is 41.2 Å². The van der Waals surface area contributed by atoms with Gasteiger partial charge in [-0.1, -0.05) is 66.7 Å². The maximum absolute atomic E-state index is 15.0. The molecule has 0 saturated heterocycles. The van der Waals surface area contributed by atoms with E-state index in [0.29, 0.717) is 44.5 Å². The van der Waals surface area contributed by atoms with Gasteiger partial charge in [0.05, 0.1) is 39.2 Å². The molecule has 0 unspecified atom stereocenters. The van der Waals surface area contributed by atoms with Crippen LogP contribution in [-0.4, -0.2) is 46.6 Å². The molecule has 7 aromatic carbocycles. The average Bonchev–Trinajstić information content (AvgIpc) is 3.25. The molecular weight excluding hydrogens is 937 g/mol. The van der Waals surface area contributed by atoms with Gasteiger partial charge >= 0.3 is 0 Å². The van der Waals surface area contributed by atoms with Gasteiger partial charge in [-0.15, -0.1) is 0 Å². The van der Waals surface area contributed by atoms with Gasteiger partial charge in [-0.05, 0) is 166 Å². The molecule has 16 heteroatoms. The second-order valence-electron chi connectivity index (χ2n) is 16.6. The van der Waals surface area contributed by atoms with Crippen LogP contribution in [0.5, 0.6) is 0 Å². The van der Waals surface area contributed by atoms with E-state index < -0.39 is 74.6 Å². The smallest absolute Gasteiger partial charge is 0.282 e. The molecule has 0 aliphatic rings. The quantitative estimate of drug-likeness (QED) is 0.121. The van der Waals surface area contributed by atoms with E-state index in [1.165, 1.54) is 48.5 Å². The van der Waals surface area contributed by atoms with E-state index in [1.54, 1.807) is 104 Å². The van der Waals surface area contributed by atoms with Gasteiger partial charge in [0.1, 0.15) is 4.90 Å². The molecule has 0 aromatic heterocycles. The summed E-state index contributed by atoms with van der Waals surface area (Å²) in [6.07, 6.45) is 0. The Hall–Kier alpha value is -5.75. The second-order valence-corrected chi connectivity index (χ2v) is 25.6. The maximum Gasteiger partial charge on any atom is 0.295 e. The summed E-state index contributed by atoms with van der Waals surface area (Å²) in [6.45, 7) is 13.1. The van der Waals surface area contributed by atoms with Gasteiger partial charge in [0, 0.05) is 16.7 Å². The van der Waals surface area contributed by atoms with Gasteiger partial charge in [0.25, 0.3) is 10.1 Å². The predicted octanol–water partition coefficient (Wildman–Crippen LogP) is 10.1. The topological polar surface area (TPSA) is 191 Å². The van der Waals surface area contributed by atoms with Crippen molar-refractivity contribution >= 4 is 49.5 Å². The standard InChI is InChI=1S/C50H46O11S5/c1-30-9-13-34(5)45(23-30)62(51,52)39-18-20-41(49(28-39)64(55,56)47-25-32(3)11-15-36(47)7)38-17-22-44(66(59,60)61)43(27-38)42-21-19-40(63(53,54)46-24-31(2)10-14-35(46)6)29-50(42)65(57,58)48-26-33(4)12-16-37(48)8/h9-29H,1-8H3,(H,59,60,61). The van der Waals surface area contributed by atoms with Crippen molar-refractivity contribution in [2.45, 2.75) is 99.4 Å². The lowest BCUT2D eigenvalue weighted by molar-refractivity contribution is 0.483. The van der Waals surface area contributed by atoms with Crippen molar-refractivity contribution in [3.05, 3.63) is 172 Å². The van der Waals surface area contributed by atoms with Crippen molar-refractivity contribution in [3.8, 4) is 22.3 Å². The first-order chi connectivity index (χ1) is 30.6. The molecule has 0 aliphatic carbocycles. The molecule has 0 fully saturated rings. The summed E-state index contributed by atoms with van der Waals surface area (Å²) in [4.78, 5) is -3.06. The Kier molecular flexibility index (Phi) is 12.5. The SMILES string of the molecule is Cc1ccc(C)c(S(=O)(=O)c2ccc(-c3ccc(S(=O)(=O)O)c(-c4ccc(S(=O)(=O)c5cc(C)ccc5C)cc4S(=O)(=O)c4cc(C)ccc4C)c3)c(S(=O)(=O)c3cc(C)ccc3C)c2)c1. The first-order valence-corrected chi connectivity index (χ1v) is 27.7. The third-order valence-corrected chi connectivity index (χ3v) is 20.1. The number of sulfone groups is 4. The molecule has 0 amide bonds. The minimum absolute atomic E-state index is 0.0147. The van der Waals surface area contributed by atoms with Crippen molar-refractivity contribution in [2.75, 3.05) is 0 Å². The van der Waals surface area contributed by atoms with Crippen molar-refractivity contribution in [3.63, 3.8) is 0 Å². The van der Waals surface area contributed by atoms with E-state index in [9.17, 15) is 38.2 Å². The fourth-order valence-corrected chi connectivity index (χ4v) is 15.6. The molecule has 0 heterocycles. The van der Waals surface area contributed by atoms with E-state index in [4.69, 9.17) is 0 Å². The number of hydrogen-bond acceptors (Lipinski definition) is 10. The van der Waals surface area contributed by atoms with Gasteiger partial charge in [0.15, 0.2) is 0 Å². The molecule has 1 N–H and O–H groups in total. The molecule has 0 atom stereocenters. The van der Waals surface area contributed by atoms with Crippen LogP contribution in [0.1, 0.15) is 44.5 Å². The van der Waals surface area contributed by atoms with Crippen LogP contribution in [0.15, 0.2) is 171 Å². The third-order valence-electron chi connectivity index (χ3n) is 11.5. The summed E-state index contributed by atoms with van der Waals surface area (Å²) in [7, 11) is -23.3. The Bertz CT molecular complexity index is 3760. The zero-order valence-electron chi connectivity index (χ0n) is 37.2. The van der Waals surface area contributed by atoms with Gasteiger partial charge in [-0.2, -0.15) is 8.42 Å². The van der Waals surface area contributed by atoms with Crippen LogP contribution in [-0.2, 0) is 49.5 Å². The van der Waals surface area contributed by atoms with E-state index in [0.717, 1.165) is 30.3 Å². The first-order valence-electron chi connectivity index (χ1n) is 20.4. The van der Waals surface area contributed by atoms with E-state index in [1.807, 2.05) is 0 Å². The minimum Gasteiger partial charge on any atom is -0.282 e. The Balaban J connectivity index is 1.57. The average molecular weight is 983 g/mol. The van der Waals surface area contributed by atoms with E-state index in [2.05, 4.69) is 0 Å². The minimum atomic E-state index is -5.18. The lowest BCUT2D eigenvalue weighted by Gasteiger charge is -2.19. The van der Waals surface area contributed by atoms with Crippen LogP contribution in [0.2, 0.25) is 0 Å². The Morgan fingerprint density at radius 3 is 0.985 bits per heavy atom. The largest absolute Gasteiger partial charge is 0.295 e. The molecule has 0 saturated carbocycles. The third kappa shape index (κ3) is 8.81. The Labute approximate surface area is 387 Å². The summed E-state index contributed by atoms with van der Waals surface area (Å²) < 4.78 is 154. The van der Waals surface area contributed by atoms with Crippen molar-refractivity contribution in [2.24, 2.45) is 0 Å². The summed E-state index contributed by atoms with van der Waals surface area (Å²) in [6, 6.07) is 29.3. The summed E-state index contributed by atoms with van der Waals surface area (Å²) in [5.74, 6) is 0. The van der Waals surface area contributed by atoms with Gasteiger partial charge in [-0.25, -0.2) is 33.7 Å². The molecule has 0 spiro atoms. The fourth-order valence-electron chi connectivity index (χ4n) is 7.86. The zero-order chi connectivity index (χ0) is 48.5. The van der Waals surface area contributed by atoms with Crippen molar-refractivity contribution < 1.29 is 46.6 Å². The number of hydrogen-bond donors (Lipinski definition) is 1. The zero-order valence-corrected chi connectivity index (χ0v) is 41.3. The Morgan fingerprint density at radius 2 is 0.621 bits per heavy atom. The molecule has 342 valence electrons. The molecule has 66 heavy (non-hydrogen) atoms. The normalized spacial score (nSPS) is 12.6. The van der Waals surface area contributed by atoms with Crippen LogP contribution in [0.3, 0.4) is 0 Å².